The number of nitrogens with zero attached hydrogens (tertiary/aromatic N) is 1. The zero-order valence-electron chi connectivity index (χ0n) is 6.59. The van der Waals surface area contributed by atoms with Crippen LogP contribution in [0.4, 0.5) is 8.78 Å². The molecule has 0 aromatic heterocycles. The van der Waals surface area contributed by atoms with Gasteiger partial charge in [-0.3, -0.25) is 0 Å². The summed E-state index contributed by atoms with van der Waals surface area (Å²) in [5.41, 5.74) is -0.123. The molecule has 0 aliphatic carbocycles. The van der Waals surface area contributed by atoms with E-state index in [9.17, 15) is 8.78 Å². The molecule has 0 amide bonds. The quantitative estimate of drug-likeness (QED) is 0.689. The van der Waals surface area contributed by atoms with Gasteiger partial charge >= 0.3 is 0 Å². The SMILES string of the molecule is CN(O)Cc1c(F)cccc1F. The van der Waals surface area contributed by atoms with Gasteiger partial charge in [-0.2, -0.15) is 5.06 Å². The molecule has 0 aliphatic heterocycles. The standard InChI is InChI=1S/C8H9F2NO/c1-11(12)5-6-7(9)3-2-4-8(6)10/h2-4,12H,5H2,1H3. The Labute approximate surface area is 69.0 Å². The first-order valence-corrected chi connectivity index (χ1v) is 3.44. The van der Waals surface area contributed by atoms with Crippen LogP contribution in [0.5, 0.6) is 0 Å². The summed E-state index contributed by atoms with van der Waals surface area (Å²) in [6.07, 6.45) is 0. The summed E-state index contributed by atoms with van der Waals surface area (Å²) < 4.78 is 25.7. The van der Waals surface area contributed by atoms with Crippen LogP contribution in [0.3, 0.4) is 0 Å². The summed E-state index contributed by atoms with van der Waals surface area (Å²) in [6.45, 7) is -0.154. The fraction of sp³-hybridized carbons (Fsp3) is 0.250. The molecule has 0 saturated carbocycles. The molecule has 1 rings (SSSR count). The molecule has 0 heterocycles. The van der Waals surface area contributed by atoms with E-state index in [4.69, 9.17) is 5.21 Å². The number of rotatable bonds is 2. The first kappa shape index (κ1) is 9.09. The molecule has 0 radical (unpaired) electrons. The van der Waals surface area contributed by atoms with Crippen LogP contribution < -0.4 is 0 Å². The Morgan fingerprint density at radius 3 is 2.25 bits per heavy atom. The van der Waals surface area contributed by atoms with Crippen molar-refractivity contribution in [3.8, 4) is 0 Å². The van der Waals surface area contributed by atoms with Crippen LogP contribution in [-0.4, -0.2) is 17.3 Å². The van der Waals surface area contributed by atoms with Crippen LogP contribution in [0.15, 0.2) is 18.2 Å². The van der Waals surface area contributed by atoms with Crippen LogP contribution in [0.2, 0.25) is 0 Å². The second-order valence-corrected chi connectivity index (χ2v) is 2.52. The minimum absolute atomic E-state index is 0.123. The monoisotopic (exact) mass is 173 g/mol. The molecule has 1 N–H and O–H groups in total. The predicted molar refractivity (Wildman–Crippen MR) is 39.6 cm³/mol. The Morgan fingerprint density at radius 2 is 1.83 bits per heavy atom. The van der Waals surface area contributed by atoms with E-state index in [1.165, 1.54) is 13.1 Å². The third-order valence-corrected chi connectivity index (χ3v) is 1.45. The highest BCUT2D eigenvalue weighted by molar-refractivity contribution is 5.19. The molecule has 0 atom stereocenters. The second kappa shape index (κ2) is 3.60. The van der Waals surface area contributed by atoms with Gasteiger partial charge in [-0.15, -0.1) is 0 Å². The molecule has 0 saturated heterocycles. The topological polar surface area (TPSA) is 23.5 Å². The molecule has 4 heteroatoms. The van der Waals surface area contributed by atoms with Gasteiger partial charge in [-0.25, -0.2) is 8.78 Å². The summed E-state index contributed by atoms with van der Waals surface area (Å²) in [5.74, 6) is -1.29. The van der Waals surface area contributed by atoms with Gasteiger partial charge in [0.2, 0.25) is 0 Å². The Kier molecular flexibility index (Phi) is 2.73. The summed E-state index contributed by atoms with van der Waals surface area (Å²) in [4.78, 5) is 0. The number of hydrogen-bond donors (Lipinski definition) is 1. The van der Waals surface area contributed by atoms with Gasteiger partial charge in [0.15, 0.2) is 0 Å². The highest BCUT2D eigenvalue weighted by Gasteiger charge is 2.08. The number of benzene rings is 1. The average molecular weight is 173 g/mol. The summed E-state index contributed by atoms with van der Waals surface area (Å²) in [5, 5.41) is 9.48. The van der Waals surface area contributed by atoms with Crippen molar-refractivity contribution < 1.29 is 14.0 Å². The van der Waals surface area contributed by atoms with Gasteiger partial charge in [0.25, 0.3) is 0 Å². The zero-order valence-corrected chi connectivity index (χ0v) is 6.59. The lowest BCUT2D eigenvalue weighted by Gasteiger charge is -2.09. The fourth-order valence-electron chi connectivity index (χ4n) is 0.912. The minimum atomic E-state index is -0.643. The maximum atomic E-state index is 12.8. The molecule has 0 fully saturated rings. The van der Waals surface area contributed by atoms with Gasteiger partial charge in [0.05, 0.1) is 6.54 Å². The van der Waals surface area contributed by atoms with Crippen molar-refractivity contribution in [2.75, 3.05) is 7.05 Å². The second-order valence-electron chi connectivity index (χ2n) is 2.52. The summed E-state index contributed by atoms with van der Waals surface area (Å²) in [7, 11) is 1.33. The van der Waals surface area contributed by atoms with Crippen molar-refractivity contribution in [3.05, 3.63) is 35.4 Å². The van der Waals surface area contributed by atoms with Crippen molar-refractivity contribution in [2.24, 2.45) is 0 Å². The van der Waals surface area contributed by atoms with E-state index in [1.54, 1.807) is 0 Å². The van der Waals surface area contributed by atoms with Gasteiger partial charge in [-0.1, -0.05) is 6.07 Å². The maximum Gasteiger partial charge on any atom is 0.130 e. The van der Waals surface area contributed by atoms with Crippen LogP contribution in [0, 0.1) is 11.6 Å². The number of hydrogen-bond acceptors (Lipinski definition) is 2. The molecular formula is C8H9F2NO. The van der Waals surface area contributed by atoms with E-state index in [1.807, 2.05) is 0 Å². The predicted octanol–water partition coefficient (Wildman–Crippen LogP) is 1.79. The molecule has 1 aromatic carbocycles. The lowest BCUT2D eigenvalue weighted by Crippen LogP contribution is -2.14. The molecule has 2 nitrogen and oxygen atoms in total. The number of hydroxylamine groups is 2. The molecule has 12 heavy (non-hydrogen) atoms. The van der Waals surface area contributed by atoms with Crippen molar-refractivity contribution in [2.45, 2.75) is 6.54 Å². The minimum Gasteiger partial charge on any atom is -0.314 e. The lowest BCUT2D eigenvalue weighted by molar-refractivity contribution is -0.0745. The Balaban J connectivity index is 2.96. The molecule has 66 valence electrons. The summed E-state index contributed by atoms with van der Waals surface area (Å²) >= 11 is 0. The third kappa shape index (κ3) is 1.99. The van der Waals surface area contributed by atoms with E-state index in [-0.39, 0.29) is 12.1 Å². The van der Waals surface area contributed by atoms with Crippen LogP contribution in [-0.2, 0) is 6.54 Å². The van der Waals surface area contributed by atoms with E-state index < -0.39 is 11.6 Å². The Hall–Kier alpha value is -1.00. The van der Waals surface area contributed by atoms with Crippen molar-refractivity contribution in [1.29, 1.82) is 0 Å². The molecule has 1 aromatic rings. The summed E-state index contributed by atoms with van der Waals surface area (Å²) in [6, 6.07) is 3.59. The molecular weight excluding hydrogens is 164 g/mol. The normalized spacial score (nSPS) is 10.8. The average Bonchev–Trinajstić information content (AvgIpc) is 1.97. The van der Waals surface area contributed by atoms with Gasteiger partial charge < -0.3 is 5.21 Å². The molecule has 0 aliphatic rings. The van der Waals surface area contributed by atoms with Crippen LogP contribution in [0.1, 0.15) is 5.56 Å². The maximum absolute atomic E-state index is 12.8. The van der Waals surface area contributed by atoms with Gasteiger partial charge in [-0.05, 0) is 12.1 Å². The molecule has 0 bridgehead atoms. The largest absolute Gasteiger partial charge is 0.314 e. The van der Waals surface area contributed by atoms with Crippen molar-refractivity contribution in [3.63, 3.8) is 0 Å². The zero-order chi connectivity index (χ0) is 9.14. The van der Waals surface area contributed by atoms with E-state index in [0.29, 0.717) is 0 Å². The van der Waals surface area contributed by atoms with Crippen LogP contribution in [0.25, 0.3) is 0 Å². The highest BCUT2D eigenvalue weighted by Crippen LogP contribution is 2.12. The molecule has 0 unspecified atom stereocenters. The smallest absolute Gasteiger partial charge is 0.130 e. The fourth-order valence-corrected chi connectivity index (χ4v) is 0.912. The van der Waals surface area contributed by atoms with Crippen molar-refractivity contribution in [1.82, 2.24) is 5.06 Å². The van der Waals surface area contributed by atoms with E-state index in [0.717, 1.165) is 17.2 Å². The van der Waals surface area contributed by atoms with Gasteiger partial charge in [0, 0.05) is 12.6 Å². The lowest BCUT2D eigenvalue weighted by atomic mass is 10.2. The highest BCUT2D eigenvalue weighted by atomic mass is 19.1. The Morgan fingerprint density at radius 1 is 1.33 bits per heavy atom. The molecule has 0 spiro atoms. The van der Waals surface area contributed by atoms with E-state index >= 15 is 0 Å². The van der Waals surface area contributed by atoms with E-state index in [2.05, 4.69) is 0 Å². The third-order valence-electron chi connectivity index (χ3n) is 1.45. The van der Waals surface area contributed by atoms with Crippen LogP contribution >= 0.6 is 0 Å². The first-order valence-electron chi connectivity index (χ1n) is 3.44. The van der Waals surface area contributed by atoms with Crippen molar-refractivity contribution >= 4 is 0 Å². The first-order chi connectivity index (χ1) is 5.61. The van der Waals surface area contributed by atoms with Gasteiger partial charge in [0.1, 0.15) is 11.6 Å². The number of halogens is 2. The Bertz CT molecular complexity index is 256.